The van der Waals surface area contributed by atoms with E-state index in [1.54, 1.807) is 24.0 Å². The summed E-state index contributed by atoms with van der Waals surface area (Å²) in [5, 5.41) is 6.79. The predicted molar refractivity (Wildman–Crippen MR) is 116 cm³/mol. The normalized spacial score (nSPS) is 17.3. The molecule has 32 heavy (non-hydrogen) atoms. The second-order valence-corrected chi connectivity index (χ2v) is 8.26. The lowest BCUT2D eigenvalue weighted by molar-refractivity contribution is -0.133. The molecule has 2 fully saturated rings. The summed E-state index contributed by atoms with van der Waals surface area (Å²) in [5.41, 5.74) is 2.02. The molecule has 166 valence electrons. The Labute approximate surface area is 185 Å². The molecule has 1 aliphatic heterocycles. The van der Waals surface area contributed by atoms with Crippen molar-refractivity contribution in [2.45, 2.75) is 31.7 Å². The van der Waals surface area contributed by atoms with Gasteiger partial charge in [-0.3, -0.25) is 9.59 Å². The molecule has 5 rings (SSSR count). The Hall–Kier alpha value is -3.62. The fraction of sp³-hybridized carbons (Fsp3) is 0.391. The number of nitrogens with zero attached hydrogens (tertiary/aromatic N) is 4. The minimum atomic E-state index is -0.617. The molecule has 9 nitrogen and oxygen atoms in total. The van der Waals surface area contributed by atoms with Crippen molar-refractivity contribution in [2.75, 3.05) is 31.1 Å². The predicted octanol–water partition coefficient (Wildman–Crippen LogP) is 2.67. The fourth-order valence-electron chi connectivity index (χ4n) is 3.87. The van der Waals surface area contributed by atoms with E-state index in [1.807, 2.05) is 24.3 Å². The summed E-state index contributed by atoms with van der Waals surface area (Å²) in [4.78, 5) is 33.4. The molecule has 0 bridgehead atoms. The van der Waals surface area contributed by atoms with Crippen LogP contribution in [0.5, 0.6) is 0 Å². The zero-order chi connectivity index (χ0) is 22.1. The fourth-order valence-corrected chi connectivity index (χ4v) is 3.87. The lowest BCUT2D eigenvalue weighted by Gasteiger charge is -2.37. The van der Waals surface area contributed by atoms with Gasteiger partial charge in [0.15, 0.2) is 5.76 Å². The summed E-state index contributed by atoms with van der Waals surface area (Å²) >= 11 is 0. The van der Waals surface area contributed by atoms with Crippen LogP contribution in [0, 0.1) is 0 Å². The van der Waals surface area contributed by atoms with E-state index in [1.165, 1.54) is 6.26 Å². The van der Waals surface area contributed by atoms with Crippen LogP contribution in [0.2, 0.25) is 0 Å². The lowest BCUT2D eigenvalue weighted by Crippen LogP contribution is -2.54. The van der Waals surface area contributed by atoms with Crippen molar-refractivity contribution in [1.82, 2.24) is 20.4 Å². The van der Waals surface area contributed by atoms with Crippen LogP contribution in [0.25, 0.3) is 11.4 Å². The summed E-state index contributed by atoms with van der Waals surface area (Å²) in [7, 11) is 0. The second-order valence-electron chi connectivity index (χ2n) is 8.26. The first-order valence-corrected chi connectivity index (χ1v) is 10.9. The highest BCUT2D eigenvalue weighted by molar-refractivity contribution is 5.95. The number of carbonyl (C=O) groups is 2. The van der Waals surface area contributed by atoms with Crippen molar-refractivity contribution >= 4 is 17.5 Å². The number of hydrogen-bond donors (Lipinski definition) is 1. The number of aromatic nitrogens is 2. The van der Waals surface area contributed by atoms with Crippen molar-refractivity contribution in [1.29, 1.82) is 0 Å². The van der Waals surface area contributed by atoms with E-state index in [0.717, 1.165) is 43.1 Å². The highest BCUT2D eigenvalue weighted by Crippen LogP contribution is 2.39. The van der Waals surface area contributed by atoms with Crippen molar-refractivity contribution in [3.8, 4) is 11.4 Å². The number of nitrogens with one attached hydrogen (secondary N) is 1. The standard InChI is InChI=1S/C23H25N5O4/c1-15(24-21(29)19-3-2-14-31-19)23(30)28-12-10-27(11-13-28)18-8-6-16(7-9-18)20-25-22(32-26-20)17-4-5-17/h2-3,6-9,14-15,17H,4-5,10-13H2,1H3,(H,24,29)/t15-/m0/s1. The maximum atomic E-state index is 12.7. The first kappa shape index (κ1) is 20.3. The summed E-state index contributed by atoms with van der Waals surface area (Å²) in [6, 6.07) is 10.7. The van der Waals surface area contributed by atoms with Gasteiger partial charge >= 0.3 is 0 Å². The molecule has 9 heteroatoms. The Morgan fingerprint density at radius 1 is 1.09 bits per heavy atom. The van der Waals surface area contributed by atoms with Crippen LogP contribution in [0.4, 0.5) is 5.69 Å². The van der Waals surface area contributed by atoms with Crippen LogP contribution < -0.4 is 10.2 Å². The van der Waals surface area contributed by atoms with Crippen LogP contribution >= 0.6 is 0 Å². The summed E-state index contributed by atoms with van der Waals surface area (Å²) in [6.45, 7) is 4.32. The van der Waals surface area contributed by atoms with E-state index in [0.29, 0.717) is 24.8 Å². The van der Waals surface area contributed by atoms with E-state index in [2.05, 4.69) is 20.4 Å². The smallest absolute Gasteiger partial charge is 0.287 e. The van der Waals surface area contributed by atoms with Gasteiger partial charge in [-0.1, -0.05) is 5.16 Å². The number of furan rings is 1. The summed E-state index contributed by atoms with van der Waals surface area (Å²) < 4.78 is 10.4. The molecule has 2 amide bonds. The minimum Gasteiger partial charge on any atom is -0.459 e. The van der Waals surface area contributed by atoms with Gasteiger partial charge in [0.2, 0.25) is 17.6 Å². The van der Waals surface area contributed by atoms with Gasteiger partial charge < -0.3 is 24.1 Å². The van der Waals surface area contributed by atoms with Crippen LogP contribution in [0.15, 0.2) is 51.6 Å². The highest BCUT2D eigenvalue weighted by Gasteiger charge is 2.30. The molecule has 2 aliphatic rings. The van der Waals surface area contributed by atoms with Crippen molar-refractivity contribution in [3.05, 3.63) is 54.3 Å². The van der Waals surface area contributed by atoms with Gasteiger partial charge in [-0.15, -0.1) is 0 Å². The molecule has 1 aliphatic carbocycles. The number of carbonyl (C=O) groups excluding carboxylic acids is 2. The third kappa shape index (κ3) is 4.23. The third-order valence-corrected chi connectivity index (χ3v) is 5.91. The Morgan fingerprint density at radius 2 is 1.84 bits per heavy atom. The first-order valence-electron chi connectivity index (χ1n) is 10.9. The lowest BCUT2D eigenvalue weighted by atomic mass is 10.1. The highest BCUT2D eigenvalue weighted by atomic mass is 16.5. The van der Waals surface area contributed by atoms with Gasteiger partial charge in [-0.2, -0.15) is 4.98 Å². The van der Waals surface area contributed by atoms with Crippen molar-refractivity contribution in [3.63, 3.8) is 0 Å². The van der Waals surface area contributed by atoms with E-state index >= 15 is 0 Å². The average molecular weight is 435 g/mol. The quantitative estimate of drug-likeness (QED) is 0.635. The molecule has 0 radical (unpaired) electrons. The average Bonchev–Trinajstić information content (AvgIpc) is 3.31. The van der Waals surface area contributed by atoms with Gasteiger partial charge in [-0.05, 0) is 56.2 Å². The Balaban J connectivity index is 1.14. The Morgan fingerprint density at radius 3 is 2.50 bits per heavy atom. The molecular formula is C23H25N5O4. The molecule has 0 spiro atoms. The second kappa shape index (κ2) is 8.49. The zero-order valence-electron chi connectivity index (χ0n) is 17.9. The molecule has 1 N–H and O–H groups in total. The maximum absolute atomic E-state index is 12.7. The van der Waals surface area contributed by atoms with Gasteiger partial charge in [0.1, 0.15) is 6.04 Å². The number of hydrogen-bond acceptors (Lipinski definition) is 7. The first-order chi connectivity index (χ1) is 15.6. The van der Waals surface area contributed by atoms with Crippen molar-refractivity contribution < 1.29 is 18.5 Å². The molecular weight excluding hydrogens is 410 g/mol. The topological polar surface area (TPSA) is 105 Å². The Kier molecular flexibility index (Phi) is 5.38. The van der Waals surface area contributed by atoms with Crippen LogP contribution in [0.1, 0.15) is 42.1 Å². The van der Waals surface area contributed by atoms with Crippen LogP contribution in [-0.2, 0) is 4.79 Å². The molecule has 2 aromatic heterocycles. The van der Waals surface area contributed by atoms with Gasteiger partial charge in [-0.25, -0.2) is 0 Å². The number of amides is 2. The number of rotatable bonds is 6. The number of benzene rings is 1. The van der Waals surface area contributed by atoms with Gasteiger partial charge in [0.05, 0.1) is 6.26 Å². The molecule has 1 atom stereocenters. The molecule has 1 saturated heterocycles. The number of anilines is 1. The van der Waals surface area contributed by atoms with E-state index in [9.17, 15) is 9.59 Å². The molecule has 1 aromatic carbocycles. The van der Waals surface area contributed by atoms with Crippen LogP contribution in [0.3, 0.4) is 0 Å². The van der Waals surface area contributed by atoms with E-state index in [4.69, 9.17) is 8.94 Å². The van der Waals surface area contributed by atoms with Gasteiger partial charge in [0, 0.05) is 43.3 Å². The van der Waals surface area contributed by atoms with E-state index in [-0.39, 0.29) is 17.6 Å². The van der Waals surface area contributed by atoms with Crippen molar-refractivity contribution in [2.24, 2.45) is 0 Å². The molecule has 3 aromatic rings. The van der Waals surface area contributed by atoms with E-state index < -0.39 is 6.04 Å². The third-order valence-electron chi connectivity index (χ3n) is 5.91. The molecule has 1 saturated carbocycles. The van der Waals surface area contributed by atoms with Crippen LogP contribution in [-0.4, -0.2) is 59.1 Å². The Bertz CT molecular complexity index is 1080. The number of piperazine rings is 1. The van der Waals surface area contributed by atoms with Gasteiger partial charge in [0.25, 0.3) is 5.91 Å². The molecule has 0 unspecified atom stereocenters. The minimum absolute atomic E-state index is 0.0940. The molecule has 3 heterocycles. The zero-order valence-corrected chi connectivity index (χ0v) is 17.9. The monoisotopic (exact) mass is 435 g/mol. The SMILES string of the molecule is C[C@H](NC(=O)c1ccco1)C(=O)N1CCN(c2ccc(-c3noc(C4CC4)n3)cc2)CC1. The maximum Gasteiger partial charge on any atom is 0.287 e. The summed E-state index contributed by atoms with van der Waals surface area (Å²) in [5.74, 6) is 1.51. The summed E-state index contributed by atoms with van der Waals surface area (Å²) in [6.07, 6.45) is 3.69. The largest absolute Gasteiger partial charge is 0.459 e.